The molecule has 0 aliphatic rings. The first-order chi connectivity index (χ1) is 8.50. The van der Waals surface area contributed by atoms with E-state index in [1.165, 1.54) is 6.20 Å². The van der Waals surface area contributed by atoms with Gasteiger partial charge in [-0.05, 0) is 12.8 Å². The highest BCUT2D eigenvalue weighted by Crippen LogP contribution is 2.08. The molecule has 100 valence electrons. The van der Waals surface area contributed by atoms with Crippen LogP contribution in [0.25, 0.3) is 0 Å². The summed E-state index contributed by atoms with van der Waals surface area (Å²) in [5, 5.41) is 8.81. The third-order valence-electron chi connectivity index (χ3n) is 2.10. The second-order valence-electron chi connectivity index (χ2n) is 4.27. The number of hydrogen-bond acceptors (Lipinski definition) is 5. The molecule has 0 aromatic carbocycles. The number of hydrogen-bond donors (Lipinski definition) is 1. The van der Waals surface area contributed by atoms with E-state index in [1.807, 2.05) is 0 Å². The number of ether oxygens (including phenoxy) is 2. The monoisotopic (exact) mass is 254 g/mol. The van der Waals surface area contributed by atoms with E-state index in [-0.39, 0.29) is 11.6 Å². The Morgan fingerprint density at radius 2 is 2.17 bits per heavy atom. The van der Waals surface area contributed by atoms with Crippen LogP contribution in [0.15, 0.2) is 6.20 Å². The van der Waals surface area contributed by atoms with Crippen molar-refractivity contribution < 1.29 is 19.4 Å². The summed E-state index contributed by atoms with van der Waals surface area (Å²) in [5.74, 6) is -0.558. The minimum absolute atomic E-state index is 0.0819. The molecule has 0 amide bonds. The summed E-state index contributed by atoms with van der Waals surface area (Å²) < 4.78 is 10.6. The topological polar surface area (TPSA) is 81.5 Å². The zero-order valence-electron chi connectivity index (χ0n) is 10.8. The highest BCUT2D eigenvalue weighted by atomic mass is 16.5. The predicted molar refractivity (Wildman–Crippen MR) is 64.9 cm³/mol. The van der Waals surface area contributed by atoms with Crippen LogP contribution in [0.3, 0.4) is 0 Å². The molecule has 1 N–H and O–H groups in total. The molecule has 6 heteroatoms. The van der Waals surface area contributed by atoms with Gasteiger partial charge in [0.15, 0.2) is 0 Å². The molecule has 1 rings (SSSR count). The molecule has 0 spiro atoms. The maximum Gasteiger partial charge on any atom is 0.339 e. The maximum absolute atomic E-state index is 10.8. The molecule has 1 heterocycles. The highest BCUT2D eigenvalue weighted by Gasteiger charge is 2.10. The van der Waals surface area contributed by atoms with Crippen molar-refractivity contribution in [2.45, 2.75) is 20.8 Å². The zero-order chi connectivity index (χ0) is 13.5. The Hall–Kier alpha value is -1.69. The minimum Gasteiger partial charge on any atom is -0.478 e. The van der Waals surface area contributed by atoms with Gasteiger partial charge in [0, 0.05) is 12.8 Å². The van der Waals surface area contributed by atoms with Crippen molar-refractivity contribution in [2.24, 2.45) is 5.92 Å². The van der Waals surface area contributed by atoms with Crippen LogP contribution in [0.4, 0.5) is 0 Å². The van der Waals surface area contributed by atoms with E-state index in [4.69, 9.17) is 14.6 Å². The van der Waals surface area contributed by atoms with Crippen molar-refractivity contribution in [1.29, 1.82) is 0 Å². The Morgan fingerprint density at radius 3 is 2.72 bits per heavy atom. The third kappa shape index (κ3) is 4.67. The van der Waals surface area contributed by atoms with Crippen molar-refractivity contribution in [3.63, 3.8) is 0 Å². The van der Waals surface area contributed by atoms with E-state index in [2.05, 4.69) is 23.8 Å². The molecule has 1 aromatic rings. The molecular weight excluding hydrogens is 236 g/mol. The first-order valence-electron chi connectivity index (χ1n) is 5.78. The van der Waals surface area contributed by atoms with Gasteiger partial charge in [0.05, 0.1) is 17.9 Å². The fraction of sp³-hybridized carbons (Fsp3) is 0.583. The van der Waals surface area contributed by atoms with Gasteiger partial charge in [-0.25, -0.2) is 9.78 Å². The number of aromatic carboxylic acids is 1. The van der Waals surface area contributed by atoms with Gasteiger partial charge in [0.1, 0.15) is 6.61 Å². The minimum atomic E-state index is -1.04. The van der Waals surface area contributed by atoms with E-state index in [9.17, 15) is 4.79 Å². The molecule has 0 saturated heterocycles. The van der Waals surface area contributed by atoms with Crippen LogP contribution in [-0.2, 0) is 4.74 Å². The molecule has 0 aliphatic heterocycles. The van der Waals surface area contributed by atoms with E-state index in [0.29, 0.717) is 31.4 Å². The van der Waals surface area contributed by atoms with E-state index >= 15 is 0 Å². The van der Waals surface area contributed by atoms with Gasteiger partial charge in [-0.1, -0.05) is 13.8 Å². The Kier molecular flexibility index (Phi) is 5.51. The highest BCUT2D eigenvalue weighted by molar-refractivity contribution is 5.88. The molecule has 18 heavy (non-hydrogen) atoms. The molecule has 1 aromatic heterocycles. The van der Waals surface area contributed by atoms with Crippen molar-refractivity contribution in [1.82, 2.24) is 9.97 Å². The summed E-state index contributed by atoms with van der Waals surface area (Å²) in [4.78, 5) is 18.5. The lowest BCUT2D eigenvalue weighted by molar-refractivity contribution is 0.0693. The lowest BCUT2D eigenvalue weighted by atomic mass is 10.2. The van der Waals surface area contributed by atoms with Gasteiger partial charge >= 0.3 is 12.0 Å². The number of nitrogens with zero attached hydrogens (tertiary/aromatic N) is 2. The lowest BCUT2D eigenvalue weighted by Crippen LogP contribution is -2.12. The smallest absolute Gasteiger partial charge is 0.339 e. The third-order valence-corrected chi connectivity index (χ3v) is 2.10. The van der Waals surface area contributed by atoms with Crippen LogP contribution in [0, 0.1) is 12.8 Å². The molecule has 0 fully saturated rings. The van der Waals surface area contributed by atoms with Crippen LogP contribution in [0.2, 0.25) is 0 Å². The van der Waals surface area contributed by atoms with Crippen LogP contribution in [0.1, 0.15) is 29.9 Å². The van der Waals surface area contributed by atoms with Crippen LogP contribution < -0.4 is 4.74 Å². The van der Waals surface area contributed by atoms with E-state index in [0.717, 1.165) is 0 Å². The first-order valence-corrected chi connectivity index (χ1v) is 5.78. The summed E-state index contributed by atoms with van der Waals surface area (Å²) in [6, 6.07) is 0.172. The second kappa shape index (κ2) is 6.90. The fourth-order valence-corrected chi connectivity index (χ4v) is 1.24. The normalized spacial score (nSPS) is 10.7. The number of aryl methyl sites for hydroxylation is 1. The number of aromatic nitrogens is 2. The molecule has 0 radical (unpaired) electrons. The van der Waals surface area contributed by atoms with Crippen molar-refractivity contribution in [2.75, 3.05) is 19.8 Å². The largest absolute Gasteiger partial charge is 0.478 e. The number of carbonyl (C=O) groups is 1. The summed E-state index contributed by atoms with van der Waals surface area (Å²) in [5.41, 5.74) is 0.467. The summed E-state index contributed by atoms with van der Waals surface area (Å²) >= 11 is 0. The molecule has 0 bridgehead atoms. The molecule has 0 unspecified atom stereocenters. The van der Waals surface area contributed by atoms with Gasteiger partial charge in [-0.3, -0.25) is 0 Å². The van der Waals surface area contributed by atoms with E-state index < -0.39 is 5.97 Å². The zero-order valence-corrected chi connectivity index (χ0v) is 10.8. The van der Waals surface area contributed by atoms with Crippen molar-refractivity contribution in [3.8, 4) is 6.01 Å². The Bertz CT molecular complexity index is 407. The van der Waals surface area contributed by atoms with Gasteiger partial charge in [-0.2, -0.15) is 4.98 Å². The van der Waals surface area contributed by atoms with Gasteiger partial charge in [0.2, 0.25) is 0 Å². The predicted octanol–water partition coefficient (Wildman–Crippen LogP) is 1.53. The molecule has 0 atom stereocenters. The van der Waals surface area contributed by atoms with Crippen LogP contribution in [0.5, 0.6) is 6.01 Å². The standard InChI is InChI=1S/C12H18N2O4/c1-8(2)7-17-4-5-18-12-13-6-10(11(15)16)9(3)14-12/h6,8H,4-5,7H2,1-3H3,(H,15,16). The quantitative estimate of drug-likeness (QED) is 0.743. The van der Waals surface area contributed by atoms with Crippen LogP contribution in [-0.4, -0.2) is 40.9 Å². The molecule has 0 aliphatic carbocycles. The average Bonchev–Trinajstić information content (AvgIpc) is 2.27. The lowest BCUT2D eigenvalue weighted by Gasteiger charge is -2.08. The first kappa shape index (κ1) is 14.4. The van der Waals surface area contributed by atoms with Gasteiger partial charge < -0.3 is 14.6 Å². The molecule has 6 nitrogen and oxygen atoms in total. The van der Waals surface area contributed by atoms with Gasteiger partial charge in [-0.15, -0.1) is 0 Å². The van der Waals surface area contributed by atoms with Gasteiger partial charge in [0.25, 0.3) is 0 Å². The van der Waals surface area contributed by atoms with Crippen LogP contribution >= 0.6 is 0 Å². The number of carboxylic acid groups (broad SMARTS) is 1. The Balaban J connectivity index is 2.39. The number of rotatable bonds is 7. The van der Waals surface area contributed by atoms with Crippen molar-refractivity contribution in [3.05, 3.63) is 17.5 Å². The molecular formula is C12H18N2O4. The second-order valence-corrected chi connectivity index (χ2v) is 4.27. The van der Waals surface area contributed by atoms with Crippen molar-refractivity contribution >= 4 is 5.97 Å². The summed E-state index contributed by atoms with van der Waals surface area (Å²) in [6.07, 6.45) is 1.25. The fourth-order valence-electron chi connectivity index (χ4n) is 1.24. The maximum atomic E-state index is 10.8. The van der Waals surface area contributed by atoms with E-state index in [1.54, 1.807) is 6.92 Å². The number of carboxylic acids is 1. The average molecular weight is 254 g/mol. The summed E-state index contributed by atoms with van der Waals surface area (Å²) in [6.45, 7) is 7.23. The summed E-state index contributed by atoms with van der Waals surface area (Å²) in [7, 11) is 0. The molecule has 0 saturated carbocycles. The SMILES string of the molecule is Cc1nc(OCCOCC(C)C)ncc1C(=O)O. The Labute approximate surface area is 106 Å². The Morgan fingerprint density at radius 1 is 1.44 bits per heavy atom.